The molecule has 0 radical (unpaired) electrons. The largest absolute Gasteiger partial charge is 0.494 e. The number of nitrogens with zero attached hydrogens (tertiary/aromatic N) is 1. The fourth-order valence-corrected chi connectivity index (χ4v) is 2.12. The average Bonchev–Trinajstić information content (AvgIpc) is 2.63. The first-order valence-corrected chi connectivity index (χ1v) is 7.60. The van der Waals surface area contributed by atoms with E-state index in [4.69, 9.17) is 15.3 Å². The first-order valence-electron chi connectivity index (χ1n) is 7.60. The van der Waals surface area contributed by atoms with Crippen molar-refractivity contribution >= 4 is 17.6 Å². The van der Waals surface area contributed by atoms with Gasteiger partial charge in [-0.05, 0) is 18.2 Å². The summed E-state index contributed by atoms with van der Waals surface area (Å²) in [5.74, 6) is -1.64. The maximum atomic E-state index is 12.7. The highest BCUT2D eigenvalue weighted by Gasteiger charge is 2.20. The number of carbonyl (C=O) groups is 2. The van der Waals surface area contributed by atoms with Gasteiger partial charge in [-0.3, -0.25) is 9.59 Å². The first kappa shape index (κ1) is 19.8. The number of hydrogen-bond acceptors (Lipinski definition) is 6. The molecule has 0 aliphatic heterocycles. The van der Waals surface area contributed by atoms with Gasteiger partial charge >= 0.3 is 5.97 Å². The van der Waals surface area contributed by atoms with E-state index in [1.54, 1.807) is 0 Å². The molecule has 1 aliphatic carbocycles. The van der Waals surface area contributed by atoms with Crippen LogP contribution in [0.25, 0.3) is 0 Å². The molecular weight excluding hydrogens is 362 g/mol. The van der Waals surface area contributed by atoms with E-state index in [2.05, 4.69) is 15.6 Å². The smallest absolute Gasteiger partial charge is 0.322 e. The number of halogens is 2. The summed E-state index contributed by atoms with van der Waals surface area (Å²) in [6.07, 6.45) is 1.22. The van der Waals surface area contributed by atoms with E-state index in [0.29, 0.717) is 5.57 Å². The molecular formula is C17H16F2N4O4. The van der Waals surface area contributed by atoms with Crippen molar-refractivity contribution in [1.82, 2.24) is 15.6 Å². The van der Waals surface area contributed by atoms with Crippen LogP contribution in [0.5, 0.6) is 0 Å². The van der Waals surface area contributed by atoms with Crippen LogP contribution in [-0.4, -0.2) is 41.3 Å². The number of aliphatic carboxylic acids is 1. The molecule has 0 atom stereocenters. The van der Waals surface area contributed by atoms with Gasteiger partial charge in [-0.15, -0.1) is 0 Å². The Morgan fingerprint density at radius 1 is 1.37 bits per heavy atom. The van der Waals surface area contributed by atoms with E-state index >= 15 is 0 Å². The fourth-order valence-electron chi connectivity index (χ4n) is 2.12. The van der Waals surface area contributed by atoms with Gasteiger partial charge < -0.3 is 25.9 Å². The van der Waals surface area contributed by atoms with E-state index in [0.717, 1.165) is 6.07 Å². The molecule has 1 aromatic heterocycles. The number of allylic oxidation sites excluding steroid dienone is 3. The third-order valence-electron chi connectivity index (χ3n) is 3.36. The summed E-state index contributed by atoms with van der Waals surface area (Å²) in [7, 11) is 1.34. The fraction of sp³-hybridized carbons (Fsp3) is 0.176. The van der Waals surface area contributed by atoms with Crippen molar-refractivity contribution in [2.75, 3.05) is 13.7 Å². The van der Waals surface area contributed by atoms with E-state index in [1.807, 2.05) is 0 Å². The molecule has 10 heteroatoms. The van der Waals surface area contributed by atoms with Gasteiger partial charge in [0.2, 0.25) is 0 Å². The Morgan fingerprint density at radius 2 is 2.11 bits per heavy atom. The molecule has 0 saturated carbocycles. The normalized spacial score (nSPS) is 15.3. The molecule has 1 heterocycles. The summed E-state index contributed by atoms with van der Waals surface area (Å²) < 4.78 is 30.6. The molecule has 0 unspecified atom stereocenters. The Balaban J connectivity index is 2.24. The highest BCUT2D eigenvalue weighted by Crippen LogP contribution is 2.20. The van der Waals surface area contributed by atoms with E-state index < -0.39 is 24.0 Å². The minimum absolute atomic E-state index is 0.0283. The summed E-state index contributed by atoms with van der Waals surface area (Å²) in [5, 5.41) is 21.6. The van der Waals surface area contributed by atoms with Crippen LogP contribution in [0.1, 0.15) is 22.6 Å². The predicted octanol–water partition coefficient (Wildman–Crippen LogP) is 1.75. The Hall–Kier alpha value is -3.56. The quantitative estimate of drug-likeness (QED) is 0.573. The molecule has 0 bridgehead atoms. The maximum absolute atomic E-state index is 12.7. The van der Waals surface area contributed by atoms with Gasteiger partial charge in [-0.2, -0.15) is 0 Å². The zero-order chi connectivity index (χ0) is 20.0. The maximum Gasteiger partial charge on any atom is 0.322 e. The second-order valence-electron chi connectivity index (χ2n) is 5.26. The van der Waals surface area contributed by atoms with Crippen LogP contribution in [0.4, 0.5) is 8.78 Å². The zero-order valence-electron chi connectivity index (χ0n) is 14.1. The number of carboxylic acids is 1. The van der Waals surface area contributed by atoms with Crippen LogP contribution >= 0.6 is 0 Å². The second kappa shape index (κ2) is 8.70. The van der Waals surface area contributed by atoms with Crippen molar-refractivity contribution in [3.05, 3.63) is 65.0 Å². The van der Waals surface area contributed by atoms with Gasteiger partial charge in [0.05, 0.1) is 18.5 Å². The Labute approximate surface area is 152 Å². The number of pyridine rings is 1. The summed E-state index contributed by atoms with van der Waals surface area (Å²) >= 11 is 0. The molecule has 1 aliphatic rings. The van der Waals surface area contributed by atoms with Gasteiger partial charge in [0.25, 0.3) is 12.3 Å². The summed E-state index contributed by atoms with van der Waals surface area (Å²) in [6.45, 7) is -0.350. The zero-order valence-corrected chi connectivity index (χ0v) is 14.1. The van der Waals surface area contributed by atoms with Gasteiger partial charge in [-0.25, -0.2) is 13.8 Å². The minimum Gasteiger partial charge on any atom is -0.494 e. The predicted molar refractivity (Wildman–Crippen MR) is 91.3 cm³/mol. The van der Waals surface area contributed by atoms with Crippen molar-refractivity contribution in [2.24, 2.45) is 0 Å². The molecule has 4 N–H and O–H groups in total. The molecule has 0 aromatic carbocycles. The molecule has 142 valence electrons. The number of carboxylic acid groups (broad SMARTS) is 1. The summed E-state index contributed by atoms with van der Waals surface area (Å²) in [5.41, 5.74) is -0.240. The molecule has 0 spiro atoms. The SMILES string of the molecule is COC1=CC(=N)/C(=C\NCC(=O)O)C=C1NC(=O)c1cccc(C(F)F)n1. The number of methoxy groups -OCH3 is 1. The standard InChI is InChI=1S/C17H16F2N4O4/c1-27-14-6-10(20)9(7-21-8-15(24)25)5-13(14)23-17(26)12-4-2-3-11(22-12)16(18)19/h2-7,16,20-21H,8H2,1H3,(H,23,26)(H,24,25)/b9-7-,20-10?. The second-order valence-corrected chi connectivity index (χ2v) is 5.26. The van der Waals surface area contributed by atoms with Crippen molar-refractivity contribution in [3.63, 3.8) is 0 Å². The van der Waals surface area contributed by atoms with Crippen LogP contribution in [0.2, 0.25) is 0 Å². The monoisotopic (exact) mass is 378 g/mol. The highest BCUT2D eigenvalue weighted by molar-refractivity contribution is 6.10. The number of nitrogens with one attached hydrogen (secondary N) is 3. The van der Waals surface area contributed by atoms with E-state index in [1.165, 1.54) is 37.6 Å². The van der Waals surface area contributed by atoms with Gasteiger partial charge in [0.1, 0.15) is 23.7 Å². The van der Waals surface area contributed by atoms with Crippen LogP contribution in [0, 0.1) is 5.41 Å². The number of aromatic nitrogens is 1. The van der Waals surface area contributed by atoms with Gasteiger partial charge in [-0.1, -0.05) is 6.07 Å². The lowest BCUT2D eigenvalue weighted by molar-refractivity contribution is -0.135. The number of alkyl halides is 2. The number of rotatable bonds is 7. The van der Waals surface area contributed by atoms with Crippen molar-refractivity contribution in [1.29, 1.82) is 5.41 Å². The Kier molecular flexibility index (Phi) is 6.36. The van der Waals surface area contributed by atoms with Crippen LogP contribution in [0.3, 0.4) is 0 Å². The number of carbonyl (C=O) groups excluding carboxylic acids is 1. The lowest BCUT2D eigenvalue weighted by atomic mass is 10.0. The highest BCUT2D eigenvalue weighted by atomic mass is 19.3. The van der Waals surface area contributed by atoms with Crippen molar-refractivity contribution in [3.8, 4) is 0 Å². The summed E-state index contributed by atoms with van der Waals surface area (Å²) in [4.78, 5) is 26.5. The molecule has 1 amide bonds. The van der Waals surface area contributed by atoms with Crippen LogP contribution < -0.4 is 10.6 Å². The average molecular weight is 378 g/mol. The molecule has 1 aromatic rings. The minimum atomic E-state index is -2.81. The number of amides is 1. The molecule has 2 rings (SSSR count). The Morgan fingerprint density at radius 3 is 2.74 bits per heavy atom. The van der Waals surface area contributed by atoms with Gasteiger partial charge in [0.15, 0.2) is 0 Å². The van der Waals surface area contributed by atoms with Crippen molar-refractivity contribution < 1.29 is 28.2 Å². The van der Waals surface area contributed by atoms with Crippen LogP contribution in [0.15, 0.2) is 53.6 Å². The Bertz CT molecular complexity index is 862. The topological polar surface area (TPSA) is 124 Å². The number of ether oxygens (including phenoxy) is 1. The van der Waals surface area contributed by atoms with Crippen LogP contribution in [-0.2, 0) is 9.53 Å². The summed E-state index contributed by atoms with van der Waals surface area (Å²) in [6, 6.07) is 3.69. The third kappa shape index (κ3) is 5.21. The van der Waals surface area contributed by atoms with E-state index in [-0.39, 0.29) is 29.4 Å². The third-order valence-corrected chi connectivity index (χ3v) is 3.36. The lowest BCUT2D eigenvalue weighted by Gasteiger charge is -2.18. The van der Waals surface area contributed by atoms with E-state index in [9.17, 15) is 18.4 Å². The van der Waals surface area contributed by atoms with Crippen molar-refractivity contribution in [2.45, 2.75) is 6.43 Å². The lowest BCUT2D eigenvalue weighted by Crippen LogP contribution is -2.28. The van der Waals surface area contributed by atoms with Gasteiger partial charge in [0, 0.05) is 17.8 Å². The number of hydrogen-bond donors (Lipinski definition) is 4. The molecule has 0 fully saturated rings. The molecule has 8 nitrogen and oxygen atoms in total. The molecule has 0 saturated heterocycles. The molecule has 27 heavy (non-hydrogen) atoms. The first-order chi connectivity index (χ1) is 12.8.